The molecule has 0 atom stereocenters. The molecular formula is C28H24ClF3N4. The summed E-state index contributed by atoms with van der Waals surface area (Å²) in [6.07, 6.45) is 3.37. The molecule has 4 nitrogen and oxygen atoms in total. The maximum Gasteiger partial charge on any atom is 0.224 e. The smallest absolute Gasteiger partial charge is 0.224 e. The van der Waals surface area contributed by atoms with Crippen LogP contribution in [0.2, 0.25) is 5.15 Å². The van der Waals surface area contributed by atoms with E-state index in [1.165, 1.54) is 12.1 Å². The van der Waals surface area contributed by atoms with Gasteiger partial charge in [0.15, 0.2) is 0 Å². The second-order valence-corrected chi connectivity index (χ2v) is 10.4. The van der Waals surface area contributed by atoms with E-state index in [0.29, 0.717) is 11.4 Å². The Morgan fingerprint density at radius 2 is 1.17 bits per heavy atom. The summed E-state index contributed by atoms with van der Waals surface area (Å²) in [6, 6.07) is 16.5. The van der Waals surface area contributed by atoms with Crippen LogP contribution in [0.4, 0.5) is 13.2 Å². The summed E-state index contributed by atoms with van der Waals surface area (Å²) in [5.74, 6) is -2.49. The van der Waals surface area contributed by atoms with Crippen molar-refractivity contribution in [2.75, 3.05) is 0 Å². The molecule has 1 aliphatic rings. The van der Waals surface area contributed by atoms with E-state index < -0.39 is 23.3 Å². The molecule has 8 heteroatoms. The van der Waals surface area contributed by atoms with Crippen LogP contribution in [-0.2, 0) is 5.41 Å². The van der Waals surface area contributed by atoms with Gasteiger partial charge in [0.2, 0.25) is 17.8 Å². The van der Waals surface area contributed by atoms with Crippen LogP contribution in [0.3, 0.4) is 0 Å². The maximum atomic E-state index is 14.6. The average molecular weight is 509 g/mol. The van der Waals surface area contributed by atoms with Crippen LogP contribution < -0.4 is 0 Å². The SMILES string of the molecule is CC1(C)CCC(c2cccc(-c3ccc(F)nc3F)n2)(c2cccc(-c3ccc(Cl)nc3F)n2)CC1. The van der Waals surface area contributed by atoms with Gasteiger partial charge >= 0.3 is 0 Å². The van der Waals surface area contributed by atoms with Crippen molar-refractivity contribution in [3.8, 4) is 22.5 Å². The van der Waals surface area contributed by atoms with Crippen LogP contribution >= 0.6 is 11.6 Å². The van der Waals surface area contributed by atoms with E-state index >= 15 is 0 Å². The molecule has 36 heavy (non-hydrogen) atoms. The van der Waals surface area contributed by atoms with E-state index in [9.17, 15) is 13.2 Å². The van der Waals surface area contributed by atoms with Crippen molar-refractivity contribution in [3.05, 3.63) is 95.0 Å². The van der Waals surface area contributed by atoms with E-state index in [-0.39, 0.29) is 21.7 Å². The molecule has 4 aromatic heterocycles. The molecule has 4 heterocycles. The molecule has 1 fully saturated rings. The van der Waals surface area contributed by atoms with Gasteiger partial charge in [0.05, 0.1) is 39.3 Å². The molecular weight excluding hydrogens is 485 g/mol. The van der Waals surface area contributed by atoms with E-state index in [4.69, 9.17) is 21.6 Å². The number of pyridine rings is 4. The number of hydrogen-bond donors (Lipinski definition) is 0. The van der Waals surface area contributed by atoms with E-state index in [1.807, 2.05) is 24.3 Å². The molecule has 1 saturated carbocycles. The summed E-state index contributed by atoms with van der Waals surface area (Å²) >= 11 is 5.84. The minimum atomic E-state index is -0.913. The highest BCUT2D eigenvalue weighted by molar-refractivity contribution is 6.29. The van der Waals surface area contributed by atoms with E-state index in [2.05, 4.69) is 23.8 Å². The van der Waals surface area contributed by atoms with Crippen molar-refractivity contribution < 1.29 is 13.2 Å². The first-order valence-electron chi connectivity index (χ1n) is 11.8. The predicted molar refractivity (Wildman–Crippen MR) is 133 cm³/mol. The zero-order valence-electron chi connectivity index (χ0n) is 19.9. The molecule has 0 N–H and O–H groups in total. The maximum absolute atomic E-state index is 14.6. The Bertz CT molecular complexity index is 1330. The molecule has 0 amide bonds. The second-order valence-electron chi connectivity index (χ2n) is 10.0. The first kappa shape index (κ1) is 24.4. The molecule has 0 spiro atoms. The van der Waals surface area contributed by atoms with Crippen molar-refractivity contribution >= 4 is 11.6 Å². The molecule has 5 rings (SSSR count). The Morgan fingerprint density at radius 3 is 1.69 bits per heavy atom. The summed E-state index contributed by atoms with van der Waals surface area (Å²) in [5, 5.41) is 0.0712. The fourth-order valence-corrected chi connectivity index (χ4v) is 5.04. The summed E-state index contributed by atoms with van der Waals surface area (Å²) in [4.78, 5) is 16.8. The fraction of sp³-hybridized carbons (Fsp3) is 0.286. The molecule has 0 aromatic carbocycles. The molecule has 0 radical (unpaired) electrons. The van der Waals surface area contributed by atoms with Crippen LogP contribution in [0.15, 0.2) is 60.7 Å². The van der Waals surface area contributed by atoms with Crippen LogP contribution in [0.25, 0.3) is 22.5 Å². The van der Waals surface area contributed by atoms with Crippen molar-refractivity contribution in [2.24, 2.45) is 5.41 Å². The first-order valence-corrected chi connectivity index (χ1v) is 12.1. The van der Waals surface area contributed by atoms with Gasteiger partial charge in [-0.3, -0.25) is 9.97 Å². The number of hydrogen-bond acceptors (Lipinski definition) is 4. The average Bonchev–Trinajstić information content (AvgIpc) is 2.84. The standard InChI is InChI=1S/C28H24ClF3N4/c1-27(2)13-15-28(16-14-27,21-7-3-5-19(33-21)17-9-11-23(29)35-25(17)31)22-8-4-6-20(34-22)18-10-12-24(30)36-26(18)32/h3-12H,13-16H2,1-2H3. The minimum absolute atomic E-state index is 0.0712. The molecule has 1 aliphatic carbocycles. The zero-order valence-corrected chi connectivity index (χ0v) is 20.7. The summed E-state index contributed by atoms with van der Waals surface area (Å²) in [7, 11) is 0. The number of nitrogens with zero attached hydrogens (tertiary/aromatic N) is 4. The van der Waals surface area contributed by atoms with Gasteiger partial charge < -0.3 is 0 Å². The Balaban J connectivity index is 1.64. The van der Waals surface area contributed by atoms with Crippen molar-refractivity contribution in [1.82, 2.24) is 19.9 Å². The Morgan fingerprint density at radius 1 is 0.639 bits per heavy atom. The molecule has 0 aliphatic heterocycles. The summed E-state index contributed by atoms with van der Waals surface area (Å²) in [5.41, 5.74) is 2.27. The molecule has 0 bridgehead atoms. The van der Waals surface area contributed by atoms with Gasteiger partial charge in [-0.2, -0.15) is 18.2 Å². The van der Waals surface area contributed by atoms with Crippen molar-refractivity contribution in [3.63, 3.8) is 0 Å². The highest BCUT2D eigenvalue weighted by Gasteiger charge is 2.43. The van der Waals surface area contributed by atoms with Gasteiger partial charge in [-0.05, 0) is 79.6 Å². The lowest BCUT2D eigenvalue weighted by Crippen LogP contribution is -2.37. The summed E-state index contributed by atoms with van der Waals surface area (Å²) in [6.45, 7) is 4.47. The van der Waals surface area contributed by atoms with Gasteiger partial charge in [0.25, 0.3) is 0 Å². The largest absolute Gasteiger partial charge is 0.252 e. The lowest BCUT2D eigenvalue weighted by atomic mass is 9.62. The highest BCUT2D eigenvalue weighted by Crippen LogP contribution is 2.50. The summed E-state index contributed by atoms with van der Waals surface area (Å²) < 4.78 is 42.5. The van der Waals surface area contributed by atoms with Crippen LogP contribution in [0.1, 0.15) is 50.9 Å². The molecule has 0 saturated heterocycles. The first-order chi connectivity index (χ1) is 17.2. The third-order valence-corrected chi connectivity index (χ3v) is 7.33. The second kappa shape index (κ2) is 9.28. The monoisotopic (exact) mass is 508 g/mol. The fourth-order valence-electron chi connectivity index (χ4n) is 4.91. The van der Waals surface area contributed by atoms with Gasteiger partial charge in [0, 0.05) is 0 Å². The van der Waals surface area contributed by atoms with Crippen LogP contribution in [-0.4, -0.2) is 19.9 Å². The van der Waals surface area contributed by atoms with Crippen molar-refractivity contribution in [2.45, 2.75) is 44.9 Å². The highest BCUT2D eigenvalue weighted by atomic mass is 35.5. The molecule has 4 aromatic rings. The van der Waals surface area contributed by atoms with E-state index in [0.717, 1.165) is 43.1 Å². The van der Waals surface area contributed by atoms with Crippen LogP contribution in [0.5, 0.6) is 0 Å². The Kier molecular flexibility index (Phi) is 6.29. The zero-order chi connectivity index (χ0) is 25.5. The van der Waals surface area contributed by atoms with Gasteiger partial charge in [-0.15, -0.1) is 0 Å². The lowest BCUT2D eigenvalue weighted by Gasteiger charge is -2.43. The molecule has 0 unspecified atom stereocenters. The third-order valence-electron chi connectivity index (χ3n) is 7.12. The number of rotatable bonds is 4. The van der Waals surface area contributed by atoms with Crippen molar-refractivity contribution in [1.29, 1.82) is 0 Å². The molecule has 184 valence electrons. The predicted octanol–water partition coefficient (Wildman–Crippen LogP) is 7.56. The number of aromatic nitrogens is 4. The van der Waals surface area contributed by atoms with E-state index in [1.54, 1.807) is 18.2 Å². The van der Waals surface area contributed by atoms with Gasteiger partial charge in [-0.1, -0.05) is 37.6 Å². The topological polar surface area (TPSA) is 51.6 Å². The normalized spacial score (nSPS) is 16.6. The number of halogens is 4. The van der Waals surface area contributed by atoms with Gasteiger partial charge in [-0.25, -0.2) is 4.98 Å². The quantitative estimate of drug-likeness (QED) is 0.267. The lowest BCUT2D eigenvalue weighted by molar-refractivity contribution is 0.180. The van der Waals surface area contributed by atoms with Crippen LogP contribution in [0, 0.1) is 23.3 Å². The third kappa shape index (κ3) is 4.60. The Hall–Kier alpha value is -3.32. The Labute approximate surface area is 212 Å². The van der Waals surface area contributed by atoms with Gasteiger partial charge in [0.1, 0.15) is 5.15 Å². The minimum Gasteiger partial charge on any atom is -0.252 e.